The lowest BCUT2D eigenvalue weighted by Crippen LogP contribution is -2.34. The van der Waals surface area contributed by atoms with Crippen LogP contribution in [0.5, 0.6) is 0 Å². The third-order valence-corrected chi connectivity index (χ3v) is 2.41. The molecule has 0 rings (SSSR count). The van der Waals surface area contributed by atoms with Gasteiger partial charge in [0.05, 0.1) is 6.61 Å². The zero-order valence-corrected chi connectivity index (χ0v) is 7.25. The van der Waals surface area contributed by atoms with Crippen LogP contribution in [-0.4, -0.2) is 28.8 Å². The van der Waals surface area contributed by atoms with E-state index in [4.69, 9.17) is 10.2 Å². The number of aliphatic hydroxyl groups excluding tert-OH is 1. The first-order valence-electron chi connectivity index (χ1n) is 2.57. The highest BCUT2D eigenvalue weighted by atomic mass is 32.0. The molecule has 0 aromatic heterocycles. The Balaban J connectivity index is 3.70. The summed E-state index contributed by atoms with van der Waals surface area (Å²) in [7, 11) is -3.29. The van der Waals surface area contributed by atoms with Gasteiger partial charge in [-0.05, 0) is 0 Å². The topological polar surface area (TPSA) is 110 Å². The van der Waals surface area contributed by atoms with Gasteiger partial charge in [0.25, 0.3) is 0 Å². The molecule has 0 aliphatic carbocycles. The lowest BCUT2D eigenvalue weighted by molar-refractivity contribution is -0.158. The van der Waals surface area contributed by atoms with Crippen molar-refractivity contribution in [3.8, 4) is 0 Å². The van der Waals surface area contributed by atoms with E-state index in [0.29, 0.717) is 0 Å². The van der Waals surface area contributed by atoms with Gasteiger partial charge in [-0.25, -0.2) is 5.09 Å². The maximum Gasteiger partial charge on any atom is 0.339 e. The predicted octanol–water partition coefficient (Wildman–Crippen LogP) is -1.37. The fourth-order valence-corrected chi connectivity index (χ4v) is 1.58. The molecule has 0 saturated carbocycles. The van der Waals surface area contributed by atoms with Crippen molar-refractivity contribution in [2.75, 3.05) is 6.61 Å². The summed E-state index contributed by atoms with van der Waals surface area (Å²) in [6.45, 7) is -0.620. The molecule has 0 heterocycles. The van der Waals surface area contributed by atoms with Crippen LogP contribution in [0.25, 0.3) is 0 Å². The maximum atomic E-state index is 10.1. The van der Waals surface area contributed by atoms with Gasteiger partial charge in [-0.1, -0.05) is 4.57 Å². The first kappa shape index (κ1) is 10.9. The van der Waals surface area contributed by atoms with Gasteiger partial charge in [0.15, 0.2) is 0 Å². The summed E-state index contributed by atoms with van der Waals surface area (Å²) < 4.78 is 9.95. The number of carboxylic acids is 1. The van der Waals surface area contributed by atoms with E-state index in [9.17, 15) is 14.3 Å². The van der Waals surface area contributed by atoms with Crippen LogP contribution in [-0.2, 0) is 9.36 Å². The van der Waals surface area contributed by atoms with Crippen molar-refractivity contribution in [2.24, 2.45) is 0 Å². The van der Waals surface area contributed by atoms with Crippen molar-refractivity contribution in [1.82, 2.24) is 5.09 Å². The van der Waals surface area contributed by atoms with Gasteiger partial charge in [0.2, 0.25) is 8.42 Å². The molecule has 6 nitrogen and oxygen atoms in total. The van der Waals surface area contributed by atoms with Crippen molar-refractivity contribution < 1.29 is 24.5 Å². The molecular weight excluding hydrogens is 192 g/mol. The standard InChI is InChI=1S/C3H7NO5P2/c5-1-2(3(6)7)4-10-11(8)9/h2,4-5,10H,1H2,(H,6,7). The fraction of sp³-hybridized carbons (Fsp3) is 0.667. The van der Waals surface area contributed by atoms with Gasteiger partial charge in [-0.2, -0.15) is 0 Å². The van der Waals surface area contributed by atoms with Crippen molar-refractivity contribution in [3.63, 3.8) is 0 Å². The van der Waals surface area contributed by atoms with Crippen molar-refractivity contribution in [2.45, 2.75) is 6.04 Å². The molecule has 0 aromatic carbocycles. The van der Waals surface area contributed by atoms with E-state index in [1.54, 1.807) is 0 Å². The van der Waals surface area contributed by atoms with E-state index in [2.05, 4.69) is 5.09 Å². The molecular formula is C3H7NO5P2. The first-order valence-corrected chi connectivity index (χ1v) is 5.59. The fourth-order valence-electron chi connectivity index (χ4n) is 0.316. The van der Waals surface area contributed by atoms with E-state index in [0.717, 1.165) is 0 Å². The summed E-state index contributed by atoms with van der Waals surface area (Å²) in [5.74, 6) is -1.27. The van der Waals surface area contributed by atoms with E-state index in [1.807, 2.05) is 0 Å². The van der Waals surface area contributed by atoms with Gasteiger partial charge in [0.1, 0.15) is 6.04 Å². The quantitative estimate of drug-likeness (QED) is 0.471. The van der Waals surface area contributed by atoms with E-state index >= 15 is 0 Å². The van der Waals surface area contributed by atoms with E-state index < -0.39 is 34.8 Å². The van der Waals surface area contributed by atoms with E-state index in [-0.39, 0.29) is 0 Å². The minimum Gasteiger partial charge on any atom is -0.593 e. The van der Waals surface area contributed by atoms with Crippen LogP contribution in [0.3, 0.4) is 0 Å². The Labute approximate surface area is 65.2 Å². The normalized spacial score (nSPS) is 15.3. The summed E-state index contributed by atoms with van der Waals surface area (Å²) in [6.07, 6.45) is 0. The monoisotopic (exact) mass is 199 g/mol. The molecule has 0 aliphatic rings. The molecule has 0 aliphatic heterocycles. The van der Waals surface area contributed by atoms with Crippen LogP contribution in [0.1, 0.15) is 0 Å². The summed E-state index contributed by atoms with van der Waals surface area (Å²) in [4.78, 5) is 20.1. The Morgan fingerprint density at radius 1 is 1.82 bits per heavy atom. The summed E-state index contributed by atoms with van der Waals surface area (Å²) in [5, 5.41) is 18.8. The molecule has 0 amide bonds. The van der Waals surface area contributed by atoms with Crippen LogP contribution < -0.4 is 9.98 Å². The maximum absolute atomic E-state index is 10.1. The molecule has 64 valence electrons. The van der Waals surface area contributed by atoms with Gasteiger partial charge in [0, 0.05) is 0 Å². The Kier molecular flexibility index (Phi) is 5.46. The number of carboxylic acid groups (broad SMARTS) is 1. The molecule has 0 fully saturated rings. The summed E-state index contributed by atoms with van der Waals surface area (Å²) in [5.41, 5.74) is 0. The molecule has 11 heavy (non-hydrogen) atoms. The number of carbonyl (C=O) groups is 1. The molecule has 3 unspecified atom stereocenters. The van der Waals surface area contributed by atoms with Crippen LogP contribution in [0.4, 0.5) is 0 Å². The second-order valence-electron chi connectivity index (χ2n) is 1.59. The number of hydrogen-bond donors (Lipinski definition) is 3. The third kappa shape index (κ3) is 5.18. The lowest BCUT2D eigenvalue weighted by Gasteiger charge is -2.05. The number of hydrogen-bond acceptors (Lipinski definition) is 5. The van der Waals surface area contributed by atoms with E-state index in [1.165, 1.54) is 0 Å². The zero-order valence-electron chi connectivity index (χ0n) is 5.35. The van der Waals surface area contributed by atoms with Crippen LogP contribution in [0, 0.1) is 0 Å². The Hall–Kier alpha value is -0.120. The van der Waals surface area contributed by atoms with Gasteiger partial charge in [-0.3, -0.25) is 4.79 Å². The molecule has 0 bridgehead atoms. The van der Waals surface area contributed by atoms with Crippen LogP contribution >= 0.6 is 16.1 Å². The molecule has 3 N–H and O–H groups in total. The highest BCUT2D eigenvalue weighted by molar-refractivity contribution is 8.10. The summed E-state index contributed by atoms with van der Waals surface area (Å²) in [6, 6.07) is -1.19. The predicted molar refractivity (Wildman–Crippen MR) is 37.6 cm³/mol. The molecule has 0 spiro atoms. The smallest absolute Gasteiger partial charge is 0.339 e. The molecule has 0 aromatic rings. The number of nitrogens with one attached hydrogen (secondary N) is 1. The second kappa shape index (κ2) is 5.52. The minimum absolute atomic E-state index is 0.620. The van der Waals surface area contributed by atoms with Crippen molar-refractivity contribution >= 4 is 22.1 Å². The minimum atomic E-state index is -2.62. The van der Waals surface area contributed by atoms with Crippen molar-refractivity contribution in [3.05, 3.63) is 0 Å². The van der Waals surface area contributed by atoms with Crippen LogP contribution in [0.2, 0.25) is 0 Å². The number of aliphatic hydroxyl groups is 1. The average molecular weight is 199 g/mol. The number of rotatable bonds is 5. The zero-order chi connectivity index (χ0) is 8.85. The third-order valence-electron chi connectivity index (χ3n) is 0.811. The van der Waals surface area contributed by atoms with Crippen LogP contribution in [0.15, 0.2) is 0 Å². The Morgan fingerprint density at radius 3 is 2.64 bits per heavy atom. The molecule has 0 saturated heterocycles. The molecule has 8 heteroatoms. The molecule has 3 atom stereocenters. The van der Waals surface area contributed by atoms with Crippen molar-refractivity contribution in [1.29, 1.82) is 0 Å². The SMILES string of the molecule is O=C(O)C(CO)NP[P+](=O)[O-]. The van der Waals surface area contributed by atoms with Gasteiger partial charge >= 0.3 is 13.7 Å². The first-order chi connectivity index (χ1) is 5.07. The Morgan fingerprint density at radius 2 is 2.36 bits per heavy atom. The highest BCUT2D eigenvalue weighted by Crippen LogP contribution is 2.32. The summed E-state index contributed by atoms with van der Waals surface area (Å²) >= 11 is 0. The molecule has 0 radical (unpaired) electrons. The largest absolute Gasteiger partial charge is 0.593 e. The average Bonchev–Trinajstić information content (AvgIpc) is 1.87. The Bertz CT molecular complexity index is 162. The van der Waals surface area contributed by atoms with Gasteiger partial charge in [-0.15, -0.1) is 0 Å². The second-order valence-corrected chi connectivity index (χ2v) is 4.38. The lowest BCUT2D eigenvalue weighted by atomic mass is 10.3. The number of aliphatic carboxylic acids is 1. The van der Waals surface area contributed by atoms with Gasteiger partial charge < -0.3 is 15.1 Å². The highest BCUT2D eigenvalue weighted by Gasteiger charge is 2.17.